The molecule has 0 radical (unpaired) electrons. The molecule has 5 nitrogen and oxygen atoms in total. The first-order valence-corrected chi connectivity index (χ1v) is 12.4. The Kier molecular flexibility index (Phi) is 15.7. The van der Waals surface area contributed by atoms with Crippen molar-refractivity contribution in [1.29, 1.82) is 0 Å². The van der Waals surface area contributed by atoms with E-state index in [2.05, 4.69) is 20.4 Å². The fourth-order valence-electron chi connectivity index (χ4n) is 3.50. The fraction of sp³-hybridized carbons (Fsp3) is 0.571. The third-order valence-corrected chi connectivity index (χ3v) is 4.98. The average Bonchev–Trinajstić information content (AvgIpc) is 2.86. The SMILES string of the molecule is C=C/C(=C\C=C/C)C1OC(CCCCO)C2OC(c3ccccc3)OCC2O1.CC.CCC. The van der Waals surface area contributed by atoms with E-state index in [0.29, 0.717) is 6.61 Å². The molecular weight excluding hydrogens is 416 g/mol. The van der Waals surface area contributed by atoms with Crippen LogP contribution in [0.4, 0.5) is 0 Å². The summed E-state index contributed by atoms with van der Waals surface area (Å²) in [5.74, 6) is 0. The van der Waals surface area contributed by atoms with Gasteiger partial charge < -0.3 is 24.1 Å². The highest BCUT2D eigenvalue weighted by Gasteiger charge is 2.45. The molecule has 186 valence electrons. The van der Waals surface area contributed by atoms with Crippen molar-refractivity contribution in [2.45, 2.75) is 91.2 Å². The van der Waals surface area contributed by atoms with Crippen molar-refractivity contribution in [2.24, 2.45) is 0 Å². The number of ether oxygens (including phenoxy) is 4. The first kappa shape index (κ1) is 29.3. The van der Waals surface area contributed by atoms with Crippen molar-refractivity contribution in [3.63, 3.8) is 0 Å². The van der Waals surface area contributed by atoms with Gasteiger partial charge in [-0.25, -0.2) is 0 Å². The van der Waals surface area contributed by atoms with Gasteiger partial charge in [-0.1, -0.05) is 95.3 Å². The van der Waals surface area contributed by atoms with Crippen molar-refractivity contribution in [3.8, 4) is 0 Å². The number of aliphatic hydroxyl groups excluding tert-OH is 1. The van der Waals surface area contributed by atoms with Crippen LogP contribution in [0, 0.1) is 0 Å². The second-order valence-corrected chi connectivity index (χ2v) is 7.68. The molecule has 0 saturated carbocycles. The number of allylic oxidation sites excluding steroid dienone is 3. The number of fused-ring (bicyclic) bond motifs is 1. The Bertz CT molecular complexity index is 685. The Morgan fingerprint density at radius 2 is 1.79 bits per heavy atom. The molecule has 2 aliphatic rings. The quantitative estimate of drug-likeness (QED) is 0.354. The van der Waals surface area contributed by atoms with E-state index in [-0.39, 0.29) is 24.9 Å². The summed E-state index contributed by atoms with van der Waals surface area (Å²) in [5, 5.41) is 9.15. The standard InChI is InChI=1S/C23H30O5.C3H8.C2H6/c1-3-5-11-17(4-2)23-26-19(14-9-10-15-24)21-20(27-23)16-25-22(28-21)18-12-7-6-8-13-18;1-3-2;1-2/h3-8,11-13,19-24H,2,9-10,14-16H2,1H3;3H2,1-2H3;1-2H3/b5-3-,17-11+;;. The van der Waals surface area contributed by atoms with Gasteiger partial charge in [0.15, 0.2) is 12.6 Å². The Morgan fingerprint density at radius 3 is 2.39 bits per heavy atom. The number of rotatable bonds is 8. The van der Waals surface area contributed by atoms with E-state index in [1.165, 1.54) is 6.42 Å². The molecule has 5 unspecified atom stereocenters. The number of unbranched alkanes of at least 4 members (excludes halogenated alkanes) is 1. The number of benzene rings is 1. The summed E-state index contributed by atoms with van der Waals surface area (Å²) in [6.07, 6.45) is 9.72. The first-order valence-electron chi connectivity index (χ1n) is 12.4. The molecule has 1 aromatic carbocycles. The van der Waals surface area contributed by atoms with Crippen molar-refractivity contribution in [1.82, 2.24) is 0 Å². The van der Waals surface area contributed by atoms with Crippen LogP contribution in [0.1, 0.15) is 72.2 Å². The van der Waals surface area contributed by atoms with E-state index < -0.39 is 12.6 Å². The molecule has 0 aromatic heterocycles. The average molecular weight is 461 g/mol. The van der Waals surface area contributed by atoms with Gasteiger partial charge in [-0.15, -0.1) is 0 Å². The lowest BCUT2D eigenvalue weighted by atomic mass is 9.99. The first-order chi connectivity index (χ1) is 16.2. The van der Waals surface area contributed by atoms with Gasteiger partial charge in [0.2, 0.25) is 0 Å². The van der Waals surface area contributed by atoms with Crippen molar-refractivity contribution in [2.75, 3.05) is 13.2 Å². The van der Waals surface area contributed by atoms with Crippen molar-refractivity contribution < 1.29 is 24.1 Å². The molecule has 0 amide bonds. The number of aliphatic hydroxyl groups is 1. The third-order valence-electron chi connectivity index (χ3n) is 4.98. The zero-order chi connectivity index (χ0) is 24.5. The molecule has 2 aliphatic heterocycles. The summed E-state index contributed by atoms with van der Waals surface area (Å²) < 4.78 is 24.7. The molecule has 0 aliphatic carbocycles. The summed E-state index contributed by atoms with van der Waals surface area (Å²) in [6.45, 7) is 14.7. The topological polar surface area (TPSA) is 57.2 Å². The van der Waals surface area contributed by atoms with Gasteiger partial charge >= 0.3 is 0 Å². The summed E-state index contributed by atoms with van der Waals surface area (Å²) in [5.41, 5.74) is 1.85. The lowest BCUT2D eigenvalue weighted by molar-refractivity contribution is -0.353. The Balaban J connectivity index is 0.00000101. The van der Waals surface area contributed by atoms with Crippen molar-refractivity contribution >= 4 is 0 Å². The Morgan fingerprint density at radius 1 is 1.09 bits per heavy atom. The number of hydrogen-bond donors (Lipinski definition) is 1. The molecule has 0 bridgehead atoms. The highest BCUT2D eigenvalue weighted by molar-refractivity contribution is 5.25. The molecule has 2 fully saturated rings. The third kappa shape index (κ3) is 9.55. The maximum Gasteiger partial charge on any atom is 0.184 e. The molecule has 0 spiro atoms. The summed E-state index contributed by atoms with van der Waals surface area (Å²) in [7, 11) is 0. The second kappa shape index (κ2) is 17.7. The van der Waals surface area contributed by atoms with Crippen molar-refractivity contribution in [3.05, 3.63) is 72.4 Å². The van der Waals surface area contributed by atoms with Gasteiger partial charge in [0.1, 0.15) is 12.2 Å². The molecular formula is C28H44O5. The highest BCUT2D eigenvalue weighted by Crippen LogP contribution is 2.36. The van der Waals surface area contributed by atoms with E-state index in [4.69, 9.17) is 24.1 Å². The molecule has 2 heterocycles. The Labute approximate surface area is 201 Å². The minimum atomic E-state index is -0.505. The lowest BCUT2D eigenvalue weighted by Gasteiger charge is -2.46. The van der Waals surface area contributed by atoms with E-state index >= 15 is 0 Å². The van der Waals surface area contributed by atoms with Crippen LogP contribution in [0.25, 0.3) is 0 Å². The van der Waals surface area contributed by atoms with E-state index in [1.54, 1.807) is 6.08 Å². The molecule has 5 atom stereocenters. The van der Waals surface area contributed by atoms with Crippen LogP contribution in [0.5, 0.6) is 0 Å². The smallest absolute Gasteiger partial charge is 0.184 e. The molecule has 1 N–H and O–H groups in total. The number of hydrogen-bond acceptors (Lipinski definition) is 5. The van der Waals surface area contributed by atoms with Gasteiger partial charge in [0.25, 0.3) is 0 Å². The van der Waals surface area contributed by atoms with Crippen LogP contribution >= 0.6 is 0 Å². The van der Waals surface area contributed by atoms with E-state index in [1.807, 2.05) is 69.3 Å². The molecule has 1 aromatic rings. The van der Waals surface area contributed by atoms with Crippen LogP contribution in [0.2, 0.25) is 0 Å². The van der Waals surface area contributed by atoms with Gasteiger partial charge in [0.05, 0.1) is 12.7 Å². The van der Waals surface area contributed by atoms with Gasteiger partial charge in [-0.2, -0.15) is 0 Å². The molecule has 33 heavy (non-hydrogen) atoms. The zero-order valence-corrected chi connectivity index (χ0v) is 21.1. The van der Waals surface area contributed by atoms with Crippen LogP contribution in [-0.2, 0) is 18.9 Å². The minimum absolute atomic E-state index is 0.139. The van der Waals surface area contributed by atoms with Crippen LogP contribution in [0.3, 0.4) is 0 Å². The molecule has 2 saturated heterocycles. The lowest BCUT2D eigenvalue weighted by Crippen LogP contribution is -2.56. The van der Waals surface area contributed by atoms with E-state index in [0.717, 1.165) is 30.4 Å². The van der Waals surface area contributed by atoms with Crippen LogP contribution < -0.4 is 0 Å². The second-order valence-electron chi connectivity index (χ2n) is 7.68. The van der Waals surface area contributed by atoms with Crippen LogP contribution in [0.15, 0.2) is 66.8 Å². The summed E-state index contributed by atoms with van der Waals surface area (Å²) in [4.78, 5) is 0. The highest BCUT2D eigenvalue weighted by atomic mass is 16.8. The normalized spacial score (nSPS) is 27.0. The maximum absolute atomic E-state index is 9.15. The maximum atomic E-state index is 9.15. The largest absolute Gasteiger partial charge is 0.396 e. The minimum Gasteiger partial charge on any atom is -0.396 e. The predicted molar refractivity (Wildman–Crippen MR) is 135 cm³/mol. The predicted octanol–water partition coefficient (Wildman–Crippen LogP) is 6.50. The van der Waals surface area contributed by atoms with Crippen LogP contribution in [-0.4, -0.2) is 42.9 Å². The van der Waals surface area contributed by atoms with Gasteiger partial charge in [-0.05, 0) is 26.2 Å². The monoisotopic (exact) mass is 460 g/mol. The fourth-order valence-corrected chi connectivity index (χ4v) is 3.50. The molecule has 5 heteroatoms. The molecule has 3 rings (SSSR count). The summed E-state index contributed by atoms with van der Waals surface area (Å²) >= 11 is 0. The van der Waals surface area contributed by atoms with E-state index in [9.17, 15) is 0 Å². The van der Waals surface area contributed by atoms with Gasteiger partial charge in [0, 0.05) is 17.7 Å². The Hall–Kier alpha value is -1.76. The van der Waals surface area contributed by atoms with Gasteiger partial charge in [-0.3, -0.25) is 0 Å². The zero-order valence-electron chi connectivity index (χ0n) is 21.1. The summed E-state index contributed by atoms with van der Waals surface area (Å²) in [6, 6.07) is 9.90.